The number of hydrogen-bond donors (Lipinski definition) is 1. The summed E-state index contributed by atoms with van der Waals surface area (Å²) in [7, 11) is 4.20. The third kappa shape index (κ3) is 3.67. The third-order valence-electron chi connectivity index (χ3n) is 1.53. The van der Waals surface area contributed by atoms with E-state index in [-0.39, 0.29) is 9.76 Å². The number of rotatable bonds is 4. The first-order valence-electron chi connectivity index (χ1n) is 3.25. The normalized spacial score (nSPS) is 14.3. The molecule has 0 saturated carbocycles. The van der Waals surface area contributed by atoms with Crippen molar-refractivity contribution in [1.82, 2.24) is 4.90 Å². The van der Waals surface area contributed by atoms with Gasteiger partial charge in [0.25, 0.3) is 0 Å². The van der Waals surface area contributed by atoms with Gasteiger partial charge < -0.3 is 9.70 Å². The van der Waals surface area contributed by atoms with Crippen LogP contribution in [0.1, 0.15) is 13.3 Å². The maximum absolute atomic E-state index is 8.62. The Labute approximate surface area is 59.8 Å². The molecule has 3 heteroatoms. The highest BCUT2D eigenvalue weighted by Crippen LogP contribution is 2.02. The van der Waals surface area contributed by atoms with E-state index in [1.807, 2.05) is 14.1 Å². The van der Waals surface area contributed by atoms with Crippen LogP contribution in [0.2, 0.25) is 6.04 Å². The Bertz CT molecular complexity index is 68.1. The summed E-state index contributed by atoms with van der Waals surface area (Å²) in [5.74, 6) is 0. The standard InChI is InChI=1S/C6H15NOSi/c1-4-6(5-9-8)7(2)3/h6,8H,4-5H2,1-3H3. The minimum absolute atomic E-state index is 0.0960. The molecule has 0 spiro atoms. The summed E-state index contributed by atoms with van der Waals surface area (Å²) >= 11 is 0. The predicted octanol–water partition coefficient (Wildman–Crippen LogP) is 0.356. The smallest absolute Gasteiger partial charge is 0.225 e. The molecule has 0 saturated heterocycles. The van der Waals surface area contributed by atoms with E-state index in [0.29, 0.717) is 6.04 Å². The first-order valence-corrected chi connectivity index (χ1v) is 4.41. The molecule has 0 aromatic heterocycles. The number of nitrogens with zero attached hydrogens (tertiary/aromatic N) is 1. The molecule has 2 radical (unpaired) electrons. The molecule has 0 aromatic carbocycles. The van der Waals surface area contributed by atoms with Crippen molar-refractivity contribution in [2.75, 3.05) is 14.1 Å². The molecule has 1 N–H and O–H groups in total. The topological polar surface area (TPSA) is 23.5 Å². The van der Waals surface area contributed by atoms with Crippen LogP contribution >= 0.6 is 0 Å². The van der Waals surface area contributed by atoms with Gasteiger partial charge in [-0.15, -0.1) is 0 Å². The van der Waals surface area contributed by atoms with Gasteiger partial charge in [0.1, 0.15) is 0 Å². The largest absolute Gasteiger partial charge is 0.432 e. The molecular weight excluding hydrogens is 130 g/mol. The Morgan fingerprint density at radius 1 is 1.56 bits per heavy atom. The minimum atomic E-state index is 0.0960. The van der Waals surface area contributed by atoms with E-state index in [9.17, 15) is 0 Å². The Balaban J connectivity index is 3.41. The summed E-state index contributed by atoms with van der Waals surface area (Å²) in [5, 5.41) is 0. The second kappa shape index (κ2) is 4.96. The van der Waals surface area contributed by atoms with E-state index in [1.54, 1.807) is 0 Å². The van der Waals surface area contributed by atoms with Crippen LogP contribution in [-0.2, 0) is 0 Å². The molecule has 0 bridgehead atoms. The lowest BCUT2D eigenvalue weighted by Gasteiger charge is -2.20. The van der Waals surface area contributed by atoms with Crippen molar-refractivity contribution < 1.29 is 4.80 Å². The summed E-state index contributed by atoms with van der Waals surface area (Å²) in [6.07, 6.45) is 1.13. The van der Waals surface area contributed by atoms with Crippen LogP contribution in [-0.4, -0.2) is 39.6 Å². The van der Waals surface area contributed by atoms with Crippen LogP contribution in [0.25, 0.3) is 0 Å². The van der Waals surface area contributed by atoms with Gasteiger partial charge in [-0.25, -0.2) is 0 Å². The minimum Gasteiger partial charge on any atom is -0.432 e. The van der Waals surface area contributed by atoms with Crippen LogP contribution in [0.3, 0.4) is 0 Å². The van der Waals surface area contributed by atoms with Gasteiger partial charge in [-0.3, -0.25) is 0 Å². The monoisotopic (exact) mass is 145 g/mol. The zero-order chi connectivity index (χ0) is 7.28. The van der Waals surface area contributed by atoms with Crippen molar-refractivity contribution in [2.45, 2.75) is 25.4 Å². The van der Waals surface area contributed by atoms with Gasteiger partial charge in [0.15, 0.2) is 0 Å². The van der Waals surface area contributed by atoms with E-state index in [0.717, 1.165) is 12.5 Å². The summed E-state index contributed by atoms with van der Waals surface area (Å²) < 4.78 is 0. The van der Waals surface area contributed by atoms with Gasteiger partial charge in [-0.2, -0.15) is 0 Å². The molecule has 0 aromatic rings. The Morgan fingerprint density at radius 3 is 2.22 bits per heavy atom. The molecule has 0 heterocycles. The van der Waals surface area contributed by atoms with Crippen LogP contribution in [0.15, 0.2) is 0 Å². The van der Waals surface area contributed by atoms with Crippen molar-refractivity contribution in [3.8, 4) is 0 Å². The quantitative estimate of drug-likeness (QED) is 0.577. The highest BCUT2D eigenvalue weighted by molar-refractivity contribution is 6.25. The fourth-order valence-corrected chi connectivity index (χ4v) is 1.66. The molecule has 54 valence electrons. The van der Waals surface area contributed by atoms with E-state index < -0.39 is 0 Å². The van der Waals surface area contributed by atoms with Crippen molar-refractivity contribution in [3.63, 3.8) is 0 Å². The molecule has 0 aliphatic heterocycles. The molecule has 1 unspecified atom stereocenters. The fraction of sp³-hybridized carbons (Fsp3) is 1.00. The molecule has 0 fully saturated rings. The fourth-order valence-electron chi connectivity index (χ4n) is 0.797. The molecule has 9 heavy (non-hydrogen) atoms. The summed E-state index contributed by atoms with van der Waals surface area (Å²) in [5.41, 5.74) is 0. The van der Waals surface area contributed by atoms with Crippen molar-refractivity contribution in [2.24, 2.45) is 0 Å². The second-order valence-electron chi connectivity index (χ2n) is 2.39. The van der Waals surface area contributed by atoms with Gasteiger partial charge in [0.05, 0.1) is 0 Å². The Hall–Kier alpha value is 0.137. The van der Waals surface area contributed by atoms with Gasteiger partial charge in [-0.1, -0.05) is 6.92 Å². The van der Waals surface area contributed by atoms with Gasteiger partial charge in [0.2, 0.25) is 9.76 Å². The molecule has 0 rings (SSSR count). The molecule has 2 nitrogen and oxygen atoms in total. The van der Waals surface area contributed by atoms with Crippen molar-refractivity contribution >= 4 is 9.76 Å². The van der Waals surface area contributed by atoms with E-state index in [1.165, 1.54) is 0 Å². The van der Waals surface area contributed by atoms with Crippen molar-refractivity contribution in [3.05, 3.63) is 0 Å². The zero-order valence-corrected chi connectivity index (χ0v) is 7.39. The van der Waals surface area contributed by atoms with Crippen molar-refractivity contribution in [1.29, 1.82) is 0 Å². The lowest BCUT2D eigenvalue weighted by Crippen LogP contribution is -2.27. The molecule has 0 aliphatic carbocycles. The van der Waals surface area contributed by atoms with Gasteiger partial charge in [0, 0.05) is 6.04 Å². The predicted molar refractivity (Wildman–Crippen MR) is 40.5 cm³/mol. The van der Waals surface area contributed by atoms with Crippen LogP contribution in [0, 0.1) is 0 Å². The van der Waals surface area contributed by atoms with Gasteiger partial charge in [-0.05, 0) is 26.6 Å². The highest BCUT2D eigenvalue weighted by Gasteiger charge is 2.06. The highest BCUT2D eigenvalue weighted by atomic mass is 28.2. The summed E-state index contributed by atoms with van der Waals surface area (Å²) in [6.45, 7) is 2.14. The lowest BCUT2D eigenvalue weighted by atomic mass is 10.2. The summed E-state index contributed by atoms with van der Waals surface area (Å²) in [6, 6.07) is 1.48. The first-order chi connectivity index (χ1) is 4.22. The van der Waals surface area contributed by atoms with E-state index in [4.69, 9.17) is 4.80 Å². The van der Waals surface area contributed by atoms with E-state index >= 15 is 0 Å². The van der Waals surface area contributed by atoms with E-state index in [2.05, 4.69) is 11.8 Å². The molecular formula is C6H15NOSi. The maximum Gasteiger partial charge on any atom is 0.225 e. The average molecular weight is 145 g/mol. The summed E-state index contributed by atoms with van der Waals surface area (Å²) in [4.78, 5) is 10.8. The van der Waals surface area contributed by atoms with Gasteiger partial charge >= 0.3 is 0 Å². The molecule has 1 atom stereocenters. The number of hydrogen-bond acceptors (Lipinski definition) is 2. The third-order valence-corrected chi connectivity index (χ3v) is 2.18. The first kappa shape index (κ1) is 9.14. The Morgan fingerprint density at radius 2 is 2.11 bits per heavy atom. The molecule has 0 amide bonds. The second-order valence-corrected chi connectivity index (χ2v) is 3.11. The Kier molecular flexibility index (Phi) is 5.04. The maximum atomic E-state index is 8.62. The van der Waals surface area contributed by atoms with Crippen LogP contribution in [0.5, 0.6) is 0 Å². The lowest BCUT2D eigenvalue weighted by molar-refractivity contribution is 0.302. The SMILES string of the molecule is CCC(C[Si]O)N(C)C. The average Bonchev–Trinajstić information content (AvgIpc) is 1.82. The zero-order valence-electron chi connectivity index (χ0n) is 6.39. The van der Waals surface area contributed by atoms with Crippen LogP contribution < -0.4 is 0 Å². The molecule has 0 aliphatic rings. The van der Waals surface area contributed by atoms with Crippen LogP contribution in [0.4, 0.5) is 0 Å².